The molecule has 4 heteroatoms. The van der Waals surface area contributed by atoms with Crippen LogP contribution >= 0.6 is 15.9 Å². The molecule has 0 spiro atoms. The summed E-state index contributed by atoms with van der Waals surface area (Å²) in [5, 5.41) is 3.95. The van der Waals surface area contributed by atoms with Gasteiger partial charge in [-0.25, -0.2) is 4.98 Å². The molecule has 3 nitrogen and oxygen atoms in total. The minimum atomic E-state index is -0.0292. The van der Waals surface area contributed by atoms with Crippen molar-refractivity contribution < 1.29 is 4.79 Å². The minimum absolute atomic E-state index is 0.0292. The summed E-state index contributed by atoms with van der Waals surface area (Å²) in [5.41, 5.74) is 3.33. The van der Waals surface area contributed by atoms with Gasteiger partial charge < -0.3 is 5.32 Å². The van der Waals surface area contributed by atoms with Crippen LogP contribution < -0.4 is 5.32 Å². The molecule has 3 aromatic rings. The fourth-order valence-electron chi connectivity index (χ4n) is 2.98. The Bertz CT molecular complexity index is 890. The first-order valence-corrected chi connectivity index (χ1v) is 9.92. The van der Waals surface area contributed by atoms with E-state index >= 15 is 0 Å². The van der Waals surface area contributed by atoms with Gasteiger partial charge in [-0.05, 0) is 30.7 Å². The number of nitrogens with zero attached hydrogens (tertiary/aromatic N) is 1. The third-order valence-corrected chi connectivity index (χ3v) is 4.95. The minimum Gasteiger partial charge on any atom is -0.352 e. The summed E-state index contributed by atoms with van der Waals surface area (Å²) in [5.74, 6) is -0.0292. The van der Waals surface area contributed by atoms with E-state index in [4.69, 9.17) is 4.98 Å². The van der Waals surface area contributed by atoms with E-state index in [1.165, 1.54) is 12.8 Å². The fraction of sp³-hybridized carbons (Fsp3) is 0.273. The van der Waals surface area contributed by atoms with Gasteiger partial charge in [-0.15, -0.1) is 0 Å². The Labute approximate surface area is 163 Å². The molecule has 0 aliphatic carbocycles. The Morgan fingerprint density at radius 1 is 1.04 bits per heavy atom. The second-order valence-electron chi connectivity index (χ2n) is 6.40. The number of hydrogen-bond donors (Lipinski definition) is 1. The molecule has 0 unspecified atom stereocenters. The Kier molecular flexibility index (Phi) is 6.40. The van der Waals surface area contributed by atoms with Crippen LogP contribution in [0.4, 0.5) is 0 Å². The molecule has 3 rings (SSSR count). The Morgan fingerprint density at radius 2 is 1.81 bits per heavy atom. The smallest absolute Gasteiger partial charge is 0.252 e. The van der Waals surface area contributed by atoms with Gasteiger partial charge in [0.05, 0.1) is 16.8 Å². The van der Waals surface area contributed by atoms with Gasteiger partial charge >= 0.3 is 0 Å². The molecule has 1 aromatic heterocycles. The molecule has 0 radical (unpaired) electrons. The molecule has 0 aliphatic heterocycles. The summed E-state index contributed by atoms with van der Waals surface area (Å²) < 4.78 is 1.02. The third-order valence-electron chi connectivity index (χ3n) is 4.42. The fourth-order valence-corrected chi connectivity index (χ4v) is 3.25. The van der Waals surface area contributed by atoms with Crippen molar-refractivity contribution in [1.29, 1.82) is 0 Å². The van der Waals surface area contributed by atoms with Gasteiger partial charge in [0.2, 0.25) is 0 Å². The number of nitrogens with one attached hydrogen (secondary N) is 1. The zero-order valence-corrected chi connectivity index (χ0v) is 16.6. The quantitative estimate of drug-likeness (QED) is 0.487. The van der Waals surface area contributed by atoms with Crippen LogP contribution in [0.2, 0.25) is 0 Å². The number of unbranched alkanes of at least 4 members (excludes halogenated alkanes) is 3. The molecular formula is C22H23BrN2O. The number of carbonyl (C=O) groups excluding carboxylic acids is 1. The Balaban J connectivity index is 1.90. The van der Waals surface area contributed by atoms with Crippen LogP contribution in [-0.2, 0) is 0 Å². The average Bonchev–Trinajstić information content (AvgIpc) is 2.67. The van der Waals surface area contributed by atoms with Gasteiger partial charge in [-0.3, -0.25) is 4.79 Å². The van der Waals surface area contributed by atoms with Crippen LogP contribution in [-0.4, -0.2) is 17.4 Å². The van der Waals surface area contributed by atoms with Crippen molar-refractivity contribution in [3.8, 4) is 11.3 Å². The van der Waals surface area contributed by atoms with E-state index in [0.717, 1.165) is 39.5 Å². The monoisotopic (exact) mass is 410 g/mol. The first kappa shape index (κ1) is 18.6. The number of carbonyl (C=O) groups is 1. The van der Waals surface area contributed by atoms with Crippen LogP contribution in [0.15, 0.2) is 59.1 Å². The predicted octanol–water partition coefficient (Wildman–Crippen LogP) is 5.97. The predicted molar refractivity (Wildman–Crippen MR) is 111 cm³/mol. The van der Waals surface area contributed by atoms with E-state index in [9.17, 15) is 4.79 Å². The zero-order chi connectivity index (χ0) is 18.4. The number of amides is 1. The standard InChI is InChI=1S/C22H23BrN2O/c1-2-3-4-7-14-24-22(26)19-15-21(16-10-12-17(23)13-11-16)25-20-9-6-5-8-18(19)20/h5-6,8-13,15H,2-4,7,14H2,1H3,(H,24,26). The van der Waals surface area contributed by atoms with Gasteiger partial charge in [0, 0.05) is 22.0 Å². The lowest BCUT2D eigenvalue weighted by Crippen LogP contribution is -2.24. The molecule has 0 fully saturated rings. The molecular weight excluding hydrogens is 388 g/mol. The van der Waals surface area contributed by atoms with E-state index in [-0.39, 0.29) is 5.91 Å². The zero-order valence-electron chi connectivity index (χ0n) is 15.0. The molecule has 1 heterocycles. The second-order valence-corrected chi connectivity index (χ2v) is 7.31. The van der Waals surface area contributed by atoms with Crippen molar-refractivity contribution in [2.75, 3.05) is 6.54 Å². The van der Waals surface area contributed by atoms with Gasteiger partial charge in [0.1, 0.15) is 0 Å². The molecule has 134 valence electrons. The van der Waals surface area contributed by atoms with E-state index in [1.54, 1.807) is 0 Å². The Hall–Kier alpha value is -2.20. The highest BCUT2D eigenvalue weighted by atomic mass is 79.9. The molecule has 1 N–H and O–H groups in total. The number of pyridine rings is 1. The summed E-state index contributed by atoms with van der Waals surface area (Å²) >= 11 is 3.46. The molecule has 1 amide bonds. The van der Waals surface area contributed by atoms with Crippen LogP contribution in [0, 0.1) is 0 Å². The molecule has 26 heavy (non-hydrogen) atoms. The first-order valence-electron chi connectivity index (χ1n) is 9.13. The van der Waals surface area contributed by atoms with E-state index in [2.05, 4.69) is 28.2 Å². The highest BCUT2D eigenvalue weighted by Crippen LogP contribution is 2.26. The summed E-state index contributed by atoms with van der Waals surface area (Å²) in [6.07, 6.45) is 4.57. The second kappa shape index (κ2) is 8.95. The first-order chi connectivity index (χ1) is 12.7. The van der Waals surface area contributed by atoms with Crippen molar-refractivity contribution in [2.45, 2.75) is 32.6 Å². The van der Waals surface area contributed by atoms with Gasteiger partial charge in [0.25, 0.3) is 5.91 Å². The molecule has 0 saturated heterocycles. The van der Waals surface area contributed by atoms with Gasteiger partial charge in [-0.2, -0.15) is 0 Å². The van der Waals surface area contributed by atoms with Crippen molar-refractivity contribution >= 4 is 32.7 Å². The maximum absolute atomic E-state index is 12.8. The van der Waals surface area contributed by atoms with E-state index in [0.29, 0.717) is 12.1 Å². The number of benzene rings is 2. The van der Waals surface area contributed by atoms with Crippen LogP contribution in [0.1, 0.15) is 43.0 Å². The van der Waals surface area contributed by atoms with Gasteiger partial charge in [0.15, 0.2) is 0 Å². The van der Waals surface area contributed by atoms with Crippen LogP contribution in [0.25, 0.3) is 22.2 Å². The van der Waals surface area contributed by atoms with Crippen molar-refractivity contribution in [1.82, 2.24) is 10.3 Å². The number of rotatable bonds is 7. The molecule has 2 aromatic carbocycles. The number of fused-ring (bicyclic) bond motifs is 1. The lowest BCUT2D eigenvalue weighted by molar-refractivity contribution is 0.0954. The Morgan fingerprint density at radius 3 is 2.58 bits per heavy atom. The molecule has 0 bridgehead atoms. The molecule has 0 atom stereocenters. The van der Waals surface area contributed by atoms with Crippen LogP contribution in [0.5, 0.6) is 0 Å². The third kappa shape index (κ3) is 4.50. The maximum atomic E-state index is 12.8. The highest BCUT2D eigenvalue weighted by Gasteiger charge is 2.13. The van der Waals surface area contributed by atoms with Crippen molar-refractivity contribution in [3.05, 3.63) is 64.6 Å². The van der Waals surface area contributed by atoms with E-state index in [1.807, 2.05) is 54.6 Å². The maximum Gasteiger partial charge on any atom is 0.252 e. The largest absolute Gasteiger partial charge is 0.352 e. The topological polar surface area (TPSA) is 42.0 Å². The van der Waals surface area contributed by atoms with E-state index < -0.39 is 0 Å². The van der Waals surface area contributed by atoms with Crippen molar-refractivity contribution in [3.63, 3.8) is 0 Å². The van der Waals surface area contributed by atoms with Crippen molar-refractivity contribution in [2.24, 2.45) is 0 Å². The molecule has 0 saturated carbocycles. The molecule has 0 aliphatic rings. The SMILES string of the molecule is CCCCCCNC(=O)c1cc(-c2ccc(Br)cc2)nc2ccccc12. The normalized spacial score (nSPS) is 10.8. The number of hydrogen-bond acceptors (Lipinski definition) is 2. The lowest BCUT2D eigenvalue weighted by Gasteiger charge is -2.11. The summed E-state index contributed by atoms with van der Waals surface area (Å²) in [6.45, 7) is 2.90. The highest BCUT2D eigenvalue weighted by molar-refractivity contribution is 9.10. The number of halogens is 1. The summed E-state index contributed by atoms with van der Waals surface area (Å²) in [6, 6.07) is 17.7. The summed E-state index contributed by atoms with van der Waals surface area (Å²) in [4.78, 5) is 17.5. The van der Waals surface area contributed by atoms with Gasteiger partial charge in [-0.1, -0.05) is 72.4 Å². The summed E-state index contributed by atoms with van der Waals surface area (Å²) in [7, 11) is 0. The number of para-hydroxylation sites is 1. The average molecular weight is 411 g/mol. The lowest BCUT2D eigenvalue weighted by atomic mass is 10.0. The number of aromatic nitrogens is 1. The van der Waals surface area contributed by atoms with Crippen LogP contribution in [0.3, 0.4) is 0 Å².